The molecule has 1 saturated carbocycles. The van der Waals surface area contributed by atoms with Crippen molar-refractivity contribution in [1.82, 2.24) is 0 Å². The minimum atomic E-state index is -0.487. The van der Waals surface area contributed by atoms with E-state index < -0.39 is 6.10 Å². The highest BCUT2D eigenvalue weighted by atomic mass is 16.5. The number of benzene rings is 1. The van der Waals surface area contributed by atoms with Crippen LogP contribution in [0.4, 0.5) is 0 Å². The quantitative estimate of drug-likeness (QED) is 0.826. The number of hydrogen-bond donors (Lipinski definition) is 1. The van der Waals surface area contributed by atoms with Crippen molar-refractivity contribution in [3.63, 3.8) is 0 Å². The van der Waals surface area contributed by atoms with Gasteiger partial charge in [-0.05, 0) is 43.7 Å². The van der Waals surface area contributed by atoms with Gasteiger partial charge in [0.05, 0.1) is 12.7 Å². The van der Waals surface area contributed by atoms with Crippen LogP contribution in [0, 0.1) is 0 Å². The van der Waals surface area contributed by atoms with Crippen molar-refractivity contribution in [3.05, 3.63) is 35.4 Å². The summed E-state index contributed by atoms with van der Waals surface area (Å²) in [6.07, 6.45) is 2.20. The Labute approximate surface area is 97.3 Å². The first-order chi connectivity index (χ1) is 7.68. The third kappa shape index (κ3) is 2.83. The second-order valence-electron chi connectivity index (χ2n) is 4.80. The van der Waals surface area contributed by atoms with Crippen LogP contribution in [0.25, 0.3) is 0 Å². The second-order valence-corrected chi connectivity index (χ2v) is 4.80. The van der Waals surface area contributed by atoms with Gasteiger partial charge in [0.15, 0.2) is 0 Å². The van der Waals surface area contributed by atoms with Gasteiger partial charge in [-0.25, -0.2) is 0 Å². The number of rotatable bonds is 5. The molecule has 1 aromatic rings. The molecule has 0 saturated heterocycles. The fourth-order valence-electron chi connectivity index (χ4n) is 1.95. The molecular weight excluding hydrogens is 200 g/mol. The Bertz CT molecular complexity index is 342. The van der Waals surface area contributed by atoms with Crippen LogP contribution in [0.15, 0.2) is 24.3 Å². The molecule has 2 heteroatoms. The zero-order valence-electron chi connectivity index (χ0n) is 10.0. The van der Waals surface area contributed by atoms with Gasteiger partial charge in [0.1, 0.15) is 6.10 Å². The molecule has 16 heavy (non-hydrogen) atoms. The smallest absolute Gasteiger partial charge is 0.103 e. The molecule has 0 radical (unpaired) electrons. The van der Waals surface area contributed by atoms with Crippen molar-refractivity contribution in [3.8, 4) is 0 Å². The topological polar surface area (TPSA) is 29.5 Å². The van der Waals surface area contributed by atoms with Gasteiger partial charge < -0.3 is 9.84 Å². The van der Waals surface area contributed by atoms with E-state index in [9.17, 15) is 5.11 Å². The summed E-state index contributed by atoms with van der Waals surface area (Å²) in [5.41, 5.74) is 2.35. The van der Waals surface area contributed by atoms with E-state index in [4.69, 9.17) is 4.74 Å². The number of aliphatic hydroxyl groups excluding tert-OH is 1. The highest BCUT2D eigenvalue weighted by Crippen LogP contribution is 2.42. The molecule has 0 aromatic heterocycles. The van der Waals surface area contributed by atoms with Gasteiger partial charge in [-0.15, -0.1) is 0 Å². The first kappa shape index (κ1) is 11.6. The number of aliphatic hydroxyl groups is 1. The Morgan fingerprint density at radius 2 is 2.00 bits per heavy atom. The summed E-state index contributed by atoms with van der Waals surface area (Å²) in [4.78, 5) is 0. The Kier molecular flexibility index (Phi) is 3.62. The average molecular weight is 220 g/mol. The molecule has 0 bridgehead atoms. The molecule has 1 aromatic carbocycles. The van der Waals surface area contributed by atoms with Crippen molar-refractivity contribution in [2.24, 2.45) is 0 Å². The van der Waals surface area contributed by atoms with E-state index in [1.807, 2.05) is 32.0 Å². The molecule has 2 rings (SSSR count). The Balaban J connectivity index is 2.06. The highest BCUT2D eigenvalue weighted by molar-refractivity contribution is 5.34. The summed E-state index contributed by atoms with van der Waals surface area (Å²) >= 11 is 0. The molecule has 88 valence electrons. The third-order valence-corrected chi connectivity index (χ3v) is 2.96. The summed E-state index contributed by atoms with van der Waals surface area (Å²) in [5.74, 6) is 0.671. The Hall–Kier alpha value is -0.860. The molecule has 0 heterocycles. The molecule has 1 aliphatic rings. The van der Waals surface area contributed by atoms with E-state index in [2.05, 4.69) is 6.07 Å². The lowest BCUT2D eigenvalue weighted by molar-refractivity contribution is 0.00459. The first-order valence-corrected chi connectivity index (χ1v) is 6.07. The van der Waals surface area contributed by atoms with Crippen LogP contribution in [0.5, 0.6) is 0 Å². The van der Waals surface area contributed by atoms with Gasteiger partial charge >= 0.3 is 0 Å². The monoisotopic (exact) mass is 220 g/mol. The van der Waals surface area contributed by atoms with Crippen LogP contribution in [0.2, 0.25) is 0 Å². The lowest BCUT2D eigenvalue weighted by atomic mass is 9.99. The number of ether oxygens (including phenoxy) is 1. The molecule has 1 N–H and O–H groups in total. The molecule has 0 spiro atoms. The van der Waals surface area contributed by atoms with Crippen molar-refractivity contribution >= 4 is 0 Å². The largest absolute Gasteiger partial charge is 0.386 e. The zero-order chi connectivity index (χ0) is 11.5. The maximum absolute atomic E-state index is 10.1. The second kappa shape index (κ2) is 4.98. The predicted molar refractivity (Wildman–Crippen MR) is 64.5 cm³/mol. The summed E-state index contributed by atoms with van der Waals surface area (Å²) in [7, 11) is 0. The summed E-state index contributed by atoms with van der Waals surface area (Å²) in [5, 5.41) is 10.1. The van der Waals surface area contributed by atoms with E-state index in [0.29, 0.717) is 12.5 Å². The normalized spacial score (nSPS) is 17.8. The van der Waals surface area contributed by atoms with E-state index in [-0.39, 0.29) is 6.10 Å². The van der Waals surface area contributed by atoms with Crippen LogP contribution < -0.4 is 0 Å². The fraction of sp³-hybridized carbons (Fsp3) is 0.571. The lowest BCUT2D eigenvalue weighted by Gasteiger charge is -2.17. The third-order valence-electron chi connectivity index (χ3n) is 2.96. The average Bonchev–Trinajstić information content (AvgIpc) is 3.09. The van der Waals surface area contributed by atoms with Crippen LogP contribution in [0.3, 0.4) is 0 Å². The van der Waals surface area contributed by atoms with Gasteiger partial charge in [-0.1, -0.05) is 24.3 Å². The van der Waals surface area contributed by atoms with Crippen molar-refractivity contribution < 1.29 is 9.84 Å². The predicted octanol–water partition coefficient (Wildman–Crippen LogP) is 3.02. The van der Waals surface area contributed by atoms with E-state index >= 15 is 0 Å². The molecular formula is C14H20O2. The SMILES string of the molecule is CC(C)OCC(O)c1ccccc1C1CC1. The lowest BCUT2D eigenvalue weighted by Crippen LogP contribution is -2.13. The van der Waals surface area contributed by atoms with Gasteiger partial charge in [-0.3, -0.25) is 0 Å². The van der Waals surface area contributed by atoms with Crippen molar-refractivity contribution in [1.29, 1.82) is 0 Å². The van der Waals surface area contributed by atoms with Crippen LogP contribution in [-0.4, -0.2) is 17.8 Å². The molecule has 1 aliphatic carbocycles. The molecule has 2 nitrogen and oxygen atoms in total. The summed E-state index contributed by atoms with van der Waals surface area (Å²) < 4.78 is 5.46. The fourth-order valence-corrected chi connectivity index (χ4v) is 1.95. The van der Waals surface area contributed by atoms with E-state index in [1.165, 1.54) is 18.4 Å². The standard InChI is InChI=1S/C14H20O2/c1-10(2)16-9-14(15)13-6-4-3-5-12(13)11-7-8-11/h3-6,10-11,14-15H,7-9H2,1-2H3. The Morgan fingerprint density at radius 3 is 2.62 bits per heavy atom. The van der Waals surface area contributed by atoms with Gasteiger partial charge in [-0.2, -0.15) is 0 Å². The maximum atomic E-state index is 10.1. The van der Waals surface area contributed by atoms with Gasteiger partial charge in [0, 0.05) is 0 Å². The molecule has 1 unspecified atom stereocenters. The van der Waals surface area contributed by atoms with Crippen LogP contribution in [0.1, 0.15) is 49.8 Å². The molecule has 0 amide bonds. The highest BCUT2D eigenvalue weighted by Gasteiger charge is 2.27. The first-order valence-electron chi connectivity index (χ1n) is 6.07. The summed E-state index contributed by atoms with van der Waals surface area (Å²) in [6, 6.07) is 8.18. The van der Waals surface area contributed by atoms with Gasteiger partial charge in [0.25, 0.3) is 0 Å². The van der Waals surface area contributed by atoms with E-state index in [0.717, 1.165) is 5.56 Å². The Morgan fingerprint density at radius 1 is 1.31 bits per heavy atom. The number of hydrogen-bond acceptors (Lipinski definition) is 2. The van der Waals surface area contributed by atoms with Crippen LogP contribution in [-0.2, 0) is 4.74 Å². The molecule has 1 atom stereocenters. The zero-order valence-corrected chi connectivity index (χ0v) is 10.0. The van der Waals surface area contributed by atoms with Crippen molar-refractivity contribution in [2.75, 3.05) is 6.61 Å². The van der Waals surface area contributed by atoms with Gasteiger partial charge in [0.2, 0.25) is 0 Å². The molecule has 1 fully saturated rings. The van der Waals surface area contributed by atoms with Crippen LogP contribution >= 0.6 is 0 Å². The molecule has 0 aliphatic heterocycles. The minimum Gasteiger partial charge on any atom is -0.386 e. The van der Waals surface area contributed by atoms with E-state index in [1.54, 1.807) is 0 Å². The minimum absolute atomic E-state index is 0.169. The van der Waals surface area contributed by atoms with Crippen molar-refractivity contribution in [2.45, 2.75) is 44.8 Å². The maximum Gasteiger partial charge on any atom is 0.103 e. The summed E-state index contributed by atoms with van der Waals surface area (Å²) in [6.45, 7) is 4.36.